The highest BCUT2D eigenvalue weighted by molar-refractivity contribution is 5.81. The Kier molecular flexibility index (Phi) is 3.58. The van der Waals surface area contributed by atoms with Crippen LogP contribution in [-0.4, -0.2) is 36.3 Å². The second-order valence-electron chi connectivity index (χ2n) is 3.97. The number of nitrogens with one attached hydrogen (secondary N) is 2. The van der Waals surface area contributed by atoms with E-state index in [0.717, 1.165) is 12.1 Å². The van der Waals surface area contributed by atoms with Gasteiger partial charge in [0.05, 0.1) is 6.61 Å². The third-order valence-corrected chi connectivity index (χ3v) is 2.58. The summed E-state index contributed by atoms with van der Waals surface area (Å²) in [5, 5.41) is 5.99. The summed E-state index contributed by atoms with van der Waals surface area (Å²) >= 11 is 0. The molecule has 1 amide bonds. The van der Waals surface area contributed by atoms with Crippen LogP contribution in [0.25, 0.3) is 0 Å². The topological polar surface area (TPSA) is 55.3 Å². The smallest absolute Gasteiger partial charge is 0.250 e. The Hall–Kier alpha value is -1.33. The van der Waals surface area contributed by atoms with E-state index in [-0.39, 0.29) is 12.0 Å². The fourth-order valence-electron chi connectivity index (χ4n) is 1.70. The SMILES string of the molecule is Cn1ccc(CNC(=O)C2CNCCO2)c1. The first-order valence-corrected chi connectivity index (χ1v) is 5.46. The molecule has 1 aromatic rings. The van der Waals surface area contributed by atoms with E-state index < -0.39 is 0 Å². The average Bonchev–Trinajstić information content (AvgIpc) is 2.73. The fraction of sp³-hybridized carbons (Fsp3) is 0.545. The number of hydrogen-bond acceptors (Lipinski definition) is 3. The van der Waals surface area contributed by atoms with Gasteiger partial charge in [-0.05, 0) is 11.6 Å². The first-order chi connectivity index (χ1) is 7.75. The van der Waals surface area contributed by atoms with Crippen molar-refractivity contribution in [3.8, 4) is 0 Å². The molecule has 1 atom stereocenters. The van der Waals surface area contributed by atoms with Gasteiger partial charge in [0.15, 0.2) is 0 Å². The number of morpholine rings is 1. The second-order valence-corrected chi connectivity index (χ2v) is 3.97. The largest absolute Gasteiger partial charge is 0.366 e. The zero-order chi connectivity index (χ0) is 11.4. The van der Waals surface area contributed by atoms with E-state index in [4.69, 9.17) is 4.74 Å². The molecule has 0 bridgehead atoms. The Bertz CT molecular complexity index is 356. The molecule has 0 aliphatic carbocycles. The quantitative estimate of drug-likeness (QED) is 0.735. The van der Waals surface area contributed by atoms with Gasteiger partial charge in [0.1, 0.15) is 6.10 Å². The summed E-state index contributed by atoms with van der Waals surface area (Å²) in [6.07, 6.45) is 3.60. The van der Waals surface area contributed by atoms with Crippen LogP contribution in [0.15, 0.2) is 18.5 Å². The zero-order valence-corrected chi connectivity index (χ0v) is 9.40. The minimum Gasteiger partial charge on any atom is -0.366 e. The van der Waals surface area contributed by atoms with Crippen molar-refractivity contribution in [3.05, 3.63) is 24.0 Å². The second kappa shape index (κ2) is 5.14. The van der Waals surface area contributed by atoms with Gasteiger partial charge in [-0.15, -0.1) is 0 Å². The molecule has 1 unspecified atom stereocenters. The molecule has 1 aliphatic heterocycles. The number of nitrogens with zero attached hydrogens (tertiary/aromatic N) is 1. The number of carbonyl (C=O) groups is 1. The van der Waals surface area contributed by atoms with Crippen molar-refractivity contribution in [1.29, 1.82) is 0 Å². The maximum absolute atomic E-state index is 11.7. The maximum Gasteiger partial charge on any atom is 0.250 e. The Morgan fingerprint density at radius 1 is 1.75 bits per heavy atom. The van der Waals surface area contributed by atoms with Crippen molar-refractivity contribution in [1.82, 2.24) is 15.2 Å². The molecule has 0 aromatic carbocycles. The van der Waals surface area contributed by atoms with Crippen molar-refractivity contribution >= 4 is 5.91 Å². The van der Waals surface area contributed by atoms with E-state index >= 15 is 0 Å². The van der Waals surface area contributed by atoms with Crippen LogP contribution in [0.4, 0.5) is 0 Å². The molecule has 1 aromatic heterocycles. The van der Waals surface area contributed by atoms with Gasteiger partial charge in [-0.1, -0.05) is 0 Å². The van der Waals surface area contributed by atoms with Crippen LogP contribution >= 0.6 is 0 Å². The summed E-state index contributed by atoms with van der Waals surface area (Å²) in [6, 6.07) is 1.99. The molecule has 1 saturated heterocycles. The number of aromatic nitrogens is 1. The maximum atomic E-state index is 11.7. The summed E-state index contributed by atoms with van der Waals surface area (Å²) in [4.78, 5) is 11.7. The first kappa shape index (κ1) is 11.2. The summed E-state index contributed by atoms with van der Waals surface area (Å²) in [5.41, 5.74) is 1.10. The monoisotopic (exact) mass is 223 g/mol. The molecule has 5 nitrogen and oxygen atoms in total. The third kappa shape index (κ3) is 2.84. The average molecular weight is 223 g/mol. The third-order valence-electron chi connectivity index (χ3n) is 2.58. The summed E-state index contributed by atoms with van der Waals surface area (Å²) < 4.78 is 7.31. The number of carbonyl (C=O) groups excluding carboxylic acids is 1. The van der Waals surface area contributed by atoms with Gasteiger partial charge >= 0.3 is 0 Å². The Balaban J connectivity index is 1.78. The summed E-state index contributed by atoms with van der Waals surface area (Å²) in [6.45, 7) is 2.58. The highest BCUT2D eigenvalue weighted by atomic mass is 16.5. The number of rotatable bonds is 3. The molecule has 2 N–H and O–H groups in total. The normalized spacial score (nSPS) is 20.7. The molecular formula is C11H17N3O2. The van der Waals surface area contributed by atoms with Crippen LogP contribution in [0, 0.1) is 0 Å². The Morgan fingerprint density at radius 3 is 3.25 bits per heavy atom. The highest BCUT2D eigenvalue weighted by Crippen LogP contribution is 2.00. The van der Waals surface area contributed by atoms with Crippen LogP contribution in [0.3, 0.4) is 0 Å². The van der Waals surface area contributed by atoms with Gasteiger partial charge in [0, 0.05) is 39.1 Å². The first-order valence-electron chi connectivity index (χ1n) is 5.46. The standard InChI is InChI=1S/C11H17N3O2/c1-14-4-2-9(8-14)6-13-11(15)10-7-12-3-5-16-10/h2,4,8,10,12H,3,5-7H2,1H3,(H,13,15). The number of hydrogen-bond donors (Lipinski definition) is 2. The molecule has 1 aliphatic rings. The lowest BCUT2D eigenvalue weighted by Gasteiger charge is -2.22. The van der Waals surface area contributed by atoms with E-state index in [9.17, 15) is 4.79 Å². The summed E-state index contributed by atoms with van der Waals surface area (Å²) in [7, 11) is 1.96. The van der Waals surface area contributed by atoms with Crippen LogP contribution in [0.2, 0.25) is 0 Å². The highest BCUT2D eigenvalue weighted by Gasteiger charge is 2.21. The molecule has 5 heteroatoms. The van der Waals surface area contributed by atoms with Crippen LogP contribution in [0.5, 0.6) is 0 Å². The molecule has 0 saturated carbocycles. The van der Waals surface area contributed by atoms with Gasteiger partial charge in [-0.3, -0.25) is 4.79 Å². The number of aryl methyl sites for hydroxylation is 1. The Morgan fingerprint density at radius 2 is 2.62 bits per heavy atom. The molecule has 16 heavy (non-hydrogen) atoms. The Labute approximate surface area is 94.8 Å². The van der Waals surface area contributed by atoms with Gasteiger partial charge < -0.3 is 19.9 Å². The fourth-order valence-corrected chi connectivity index (χ4v) is 1.70. The van der Waals surface area contributed by atoms with Gasteiger partial charge in [0.2, 0.25) is 0 Å². The molecule has 1 fully saturated rings. The minimum atomic E-state index is -0.350. The van der Waals surface area contributed by atoms with Crippen molar-refractivity contribution in [2.45, 2.75) is 12.6 Å². The minimum absolute atomic E-state index is 0.0453. The number of ether oxygens (including phenoxy) is 1. The molecular weight excluding hydrogens is 206 g/mol. The van der Waals surface area contributed by atoms with E-state index in [1.165, 1.54) is 0 Å². The van der Waals surface area contributed by atoms with Crippen molar-refractivity contribution in [2.75, 3.05) is 19.7 Å². The van der Waals surface area contributed by atoms with Gasteiger partial charge in [-0.2, -0.15) is 0 Å². The predicted octanol–water partition coefficient (Wildman–Crippen LogP) is -0.370. The van der Waals surface area contributed by atoms with Crippen LogP contribution in [-0.2, 0) is 23.1 Å². The van der Waals surface area contributed by atoms with E-state index in [0.29, 0.717) is 19.7 Å². The van der Waals surface area contributed by atoms with Gasteiger partial charge in [0.25, 0.3) is 5.91 Å². The lowest BCUT2D eigenvalue weighted by molar-refractivity contribution is -0.134. The van der Waals surface area contributed by atoms with Gasteiger partial charge in [-0.25, -0.2) is 0 Å². The molecule has 2 rings (SSSR count). The molecule has 0 radical (unpaired) electrons. The van der Waals surface area contributed by atoms with Crippen LogP contribution in [0.1, 0.15) is 5.56 Å². The van der Waals surface area contributed by atoms with E-state index in [1.807, 2.05) is 30.1 Å². The molecule has 2 heterocycles. The lowest BCUT2D eigenvalue weighted by Crippen LogP contribution is -2.47. The lowest BCUT2D eigenvalue weighted by atomic mass is 10.2. The van der Waals surface area contributed by atoms with Crippen molar-refractivity contribution in [2.24, 2.45) is 7.05 Å². The zero-order valence-electron chi connectivity index (χ0n) is 9.40. The number of amides is 1. The molecule has 88 valence electrons. The van der Waals surface area contributed by atoms with E-state index in [2.05, 4.69) is 10.6 Å². The van der Waals surface area contributed by atoms with Crippen LogP contribution < -0.4 is 10.6 Å². The van der Waals surface area contributed by atoms with Crippen molar-refractivity contribution in [3.63, 3.8) is 0 Å². The summed E-state index contributed by atoms with van der Waals surface area (Å²) in [5.74, 6) is -0.0453. The predicted molar refractivity (Wildman–Crippen MR) is 59.9 cm³/mol. The van der Waals surface area contributed by atoms with Crippen molar-refractivity contribution < 1.29 is 9.53 Å². The molecule has 0 spiro atoms. The van der Waals surface area contributed by atoms with E-state index in [1.54, 1.807) is 0 Å².